The lowest BCUT2D eigenvalue weighted by atomic mass is 9.98. The van der Waals surface area contributed by atoms with E-state index in [0.717, 1.165) is 0 Å². The van der Waals surface area contributed by atoms with Crippen molar-refractivity contribution < 1.29 is 33.4 Å². The van der Waals surface area contributed by atoms with Crippen LogP contribution in [0.5, 0.6) is 0 Å². The molecule has 11 heteroatoms. The molecule has 0 spiro atoms. The summed E-state index contributed by atoms with van der Waals surface area (Å²) in [4.78, 5) is 64.8. The Morgan fingerprint density at radius 3 is 1.12 bits per heavy atom. The van der Waals surface area contributed by atoms with E-state index in [0.29, 0.717) is 25.7 Å². The summed E-state index contributed by atoms with van der Waals surface area (Å²) in [6, 6.07) is -3.65. The Hall–Kier alpha value is -2.85. The number of hydrogen-bond acceptors (Lipinski definition) is 7. The van der Waals surface area contributed by atoms with Gasteiger partial charge in [0.15, 0.2) is 0 Å². The lowest BCUT2D eigenvalue weighted by Crippen LogP contribution is -2.58. The van der Waals surface area contributed by atoms with Crippen molar-refractivity contribution in [2.75, 3.05) is 7.11 Å². The SMILES string of the molecule is COC(=O)[C@H](CC(C)C)NC(=O)[C@H](CC(C)C)NC(=O)[C@H](CC(C)C)NC(=O)[C@H](CC(C)C)NC(=O)OC(C)(C)C. The van der Waals surface area contributed by atoms with Gasteiger partial charge in [-0.25, -0.2) is 9.59 Å². The van der Waals surface area contributed by atoms with Crippen molar-refractivity contribution in [3.8, 4) is 0 Å². The first-order chi connectivity index (χ1) is 18.7. The standard InChI is InChI=1S/C30H56N4O7/c1-17(2)13-21(32-27(37)23(15-19(5)6)34-29(39)41-30(9,10)11)25(35)31-22(14-18(3)4)26(36)33-24(16-20(7)8)28(38)40-12/h17-24H,13-16H2,1-12H3,(H,31,35)(H,32,37)(H,33,36)(H,34,39)/t21-,22-,23-,24-/m0/s1. The molecule has 0 rings (SSSR count). The molecule has 238 valence electrons. The second kappa shape index (κ2) is 17.9. The molecule has 41 heavy (non-hydrogen) atoms. The molecule has 0 saturated carbocycles. The molecular weight excluding hydrogens is 528 g/mol. The zero-order valence-corrected chi connectivity index (χ0v) is 27.3. The van der Waals surface area contributed by atoms with E-state index in [9.17, 15) is 24.0 Å². The van der Waals surface area contributed by atoms with E-state index in [1.807, 2.05) is 55.4 Å². The van der Waals surface area contributed by atoms with Gasteiger partial charge in [-0.15, -0.1) is 0 Å². The van der Waals surface area contributed by atoms with Gasteiger partial charge < -0.3 is 30.7 Å². The number of methoxy groups -OCH3 is 1. The highest BCUT2D eigenvalue weighted by Gasteiger charge is 2.33. The molecule has 0 aromatic heterocycles. The van der Waals surface area contributed by atoms with Crippen molar-refractivity contribution in [3.63, 3.8) is 0 Å². The molecule has 0 radical (unpaired) electrons. The summed E-state index contributed by atoms with van der Waals surface area (Å²) in [7, 11) is 1.26. The van der Waals surface area contributed by atoms with E-state index >= 15 is 0 Å². The fourth-order valence-corrected chi connectivity index (χ4v) is 4.20. The van der Waals surface area contributed by atoms with E-state index in [2.05, 4.69) is 21.3 Å². The van der Waals surface area contributed by atoms with Crippen molar-refractivity contribution in [1.82, 2.24) is 21.3 Å². The summed E-state index contributed by atoms with van der Waals surface area (Å²) >= 11 is 0. The minimum Gasteiger partial charge on any atom is -0.467 e. The van der Waals surface area contributed by atoms with Gasteiger partial charge >= 0.3 is 12.1 Å². The molecule has 4 atom stereocenters. The Labute approximate surface area is 247 Å². The topological polar surface area (TPSA) is 152 Å². The minimum absolute atomic E-state index is 0.0422. The van der Waals surface area contributed by atoms with E-state index in [1.54, 1.807) is 20.8 Å². The van der Waals surface area contributed by atoms with Gasteiger partial charge in [-0.3, -0.25) is 14.4 Å². The van der Waals surface area contributed by atoms with Gasteiger partial charge in [-0.2, -0.15) is 0 Å². The number of ether oxygens (including phenoxy) is 2. The van der Waals surface area contributed by atoms with Crippen molar-refractivity contribution >= 4 is 29.8 Å². The first-order valence-corrected chi connectivity index (χ1v) is 14.7. The van der Waals surface area contributed by atoms with Crippen molar-refractivity contribution in [2.45, 2.75) is 132 Å². The van der Waals surface area contributed by atoms with Crippen LogP contribution in [0, 0.1) is 23.7 Å². The van der Waals surface area contributed by atoms with E-state index in [4.69, 9.17) is 9.47 Å². The number of carbonyl (C=O) groups is 5. The second-order valence-corrected chi connectivity index (χ2v) is 13.4. The van der Waals surface area contributed by atoms with Crippen LogP contribution < -0.4 is 21.3 Å². The Kier molecular flexibility index (Phi) is 16.6. The number of rotatable bonds is 16. The van der Waals surface area contributed by atoms with Crippen LogP contribution in [-0.4, -0.2) is 66.7 Å². The van der Waals surface area contributed by atoms with Gasteiger partial charge in [0.25, 0.3) is 0 Å². The summed E-state index contributed by atoms with van der Waals surface area (Å²) in [6.07, 6.45) is 0.635. The number of amides is 4. The maximum atomic E-state index is 13.5. The summed E-state index contributed by atoms with van der Waals surface area (Å²) in [5, 5.41) is 10.9. The molecule has 11 nitrogen and oxygen atoms in total. The fraction of sp³-hybridized carbons (Fsp3) is 0.833. The quantitative estimate of drug-likeness (QED) is 0.202. The molecule has 0 fully saturated rings. The molecule has 0 saturated heterocycles. The normalized spacial score (nSPS) is 14.7. The number of hydrogen-bond donors (Lipinski definition) is 4. The van der Waals surface area contributed by atoms with Crippen LogP contribution in [0.4, 0.5) is 4.79 Å². The summed E-state index contributed by atoms with van der Waals surface area (Å²) in [5.41, 5.74) is -0.739. The lowest BCUT2D eigenvalue weighted by Gasteiger charge is -2.28. The van der Waals surface area contributed by atoms with Gasteiger partial charge in [0, 0.05) is 0 Å². The van der Waals surface area contributed by atoms with E-state index < -0.39 is 59.6 Å². The molecule has 4 amide bonds. The van der Waals surface area contributed by atoms with Crippen LogP contribution in [0.2, 0.25) is 0 Å². The van der Waals surface area contributed by atoms with Gasteiger partial charge in [0.2, 0.25) is 17.7 Å². The number of nitrogens with one attached hydrogen (secondary N) is 4. The number of alkyl carbamates (subject to hydrolysis) is 1. The summed E-state index contributed by atoms with van der Waals surface area (Å²) in [5.74, 6) is -1.80. The van der Waals surface area contributed by atoms with Crippen LogP contribution in [-0.2, 0) is 28.7 Å². The average Bonchev–Trinajstić information content (AvgIpc) is 2.79. The summed E-state index contributed by atoms with van der Waals surface area (Å²) in [6.45, 7) is 20.6. The first-order valence-electron chi connectivity index (χ1n) is 14.7. The molecule has 0 aliphatic heterocycles. The Morgan fingerprint density at radius 1 is 0.537 bits per heavy atom. The minimum atomic E-state index is -0.952. The van der Waals surface area contributed by atoms with Crippen LogP contribution in [0.25, 0.3) is 0 Å². The second-order valence-electron chi connectivity index (χ2n) is 13.4. The largest absolute Gasteiger partial charge is 0.467 e. The molecule has 0 aliphatic carbocycles. The molecule has 4 N–H and O–H groups in total. The molecule has 0 heterocycles. The van der Waals surface area contributed by atoms with Gasteiger partial charge in [0.05, 0.1) is 7.11 Å². The fourth-order valence-electron chi connectivity index (χ4n) is 4.20. The van der Waals surface area contributed by atoms with E-state index in [1.165, 1.54) is 7.11 Å². The highest BCUT2D eigenvalue weighted by atomic mass is 16.6. The van der Waals surface area contributed by atoms with Crippen LogP contribution in [0.1, 0.15) is 102 Å². The molecule has 0 aromatic rings. The molecular formula is C30H56N4O7. The van der Waals surface area contributed by atoms with Gasteiger partial charge in [-0.1, -0.05) is 55.4 Å². The molecule has 0 aromatic carbocycles. The van der Waals surface area contributed by atoms with Gasteiger partial charge in [0.1, 0.15) is 29.8 Å². The number of esters is 1. The lowest BCUT2D eigenvalue weighted by molar-refractivity contribution is -0.146. The maximum Gasteiger partial charge on any atom is 0.408 e. The Bertz CT molecular complexity index is 865. The predicted molar refractivity (Wildman–Crippen MR) is 159 cm³/mol. The Morgan fingerprint density at radius 2 is 0.829 bits per heavy atom. The van der Waals surface area contributed by atoms with Crippen LogP contribution >= 0.6 is 0 Å². The monoisotopic (exact) mass is 584 g/mol. The summed E-state index contributed by atoms with van der Waals surface area (Å²) < 4.78 is 10.2. The van der Waals surface area contributed by atoms with Gasteiger partial charge in [-0.05, 0) is 70.1 Å². The highest BCUT2D eigenvalue weighted by molar-refractivity contribution is 5.94. The molecule has 0 unspecified atom stereocenters. The van der Waals surface area contributed by atoms with Crippen LogP contribution in [0.15, 0.2) is 0 Å². The van der Waals surface area contributed by atoms with Crippen molar-refractivity contribution in [2.24, 2.45) is 23.7 Å². The van der Waals surface area contributed by atoms with Crippen LogP contribution in [0.3, 0.4) is 0 Å². The number of carbonyl (C=O) groups excluding carboxylic acids is 5. The highest BCUT2D eigenvalue weighted by Crippen LogP contribution is 2.13. The molecule has 0 aliphatic rings. The average molecular weight is 585 g/mol. The maximum absolute atomic E-state index is 13.5. The first kappa shape index (κ1) is 38.1. The third kappa shape index (κ3) is 16.9. The Balaban J connectivity index is 5.89. The van der Waals surface area contributed by atoms with Crippen molar-refractivity contribution in [1.29, 1.82) is 0 Å². The predicted octanol–water partition coefficient (Wildman–Crippen LogP) is 3.69. The third-order valence-electron chi connectivity index (χ3n) is 5.90. The smallest absolute Gasteiger partial charge is 0.408 e. The van der Waals surface area contributed by atoms with Crippen molar-refractivity contribution in [3.05, 3.63) is 0 Å². The third-order valence-corrected chi connectivity index (χ3v) is 5.90. The van der Waals surface area contributed by atoms with E-state index in [-0.39, 0.29) is 23.7 Å². The zero-order valence-electron chi connectivity index (χ0n) is 27.3. The zero-order chi connectivity index (χ0) is 32.1. The molecule has 0 bridgehead atoms.